The maximum atomic E-state index is 13.4. The molecule has 0 fully saturated rings. The highest BCUT2D eigenvalue weighted by Crippen LogP contribution is 2.26. The molecule has 0 N–H and O–H groups in total. The van der Waals surface area contributed by atoms with Gasteiger partial charge in [-0.2, -0.15) is 0 Å². The van der Waals surface area contributed by atoms with Crippen molar-refractivity contribution in [3.05, 3.63) is 96.4 Å². The second-order valence-electron chi connectivity index (χ2n) is 6.09. The number of hydrogen-bond donors (Lipinski definition) is 0. The molecule has 0 radical (unpaired) electrons. The summed E-state index contributed by atoms with van der Waals surface area (Å²) in [6.07, 6.45) is 2.44. The molecule has 1 heterocycles. The average Bonchev–Trinajstić information content (AvgIpc) is 2.69. The van der Waals surface area contributed by atoms with Crippen LogP contribution in [-0.4, -0.2) is 11.6 Å². The van der Waals surface area contributed by atoms with E-state index in [1.165, 1.54) is 28.8 Å². The largest absolute Gasteiger partial charge is 0.492 e. The first-order valence-corrected chi connectivity index (χ1v) is 8.62. The fourth-order valence-corrected chi connectivity index (χ4v) is 3.13. The Labute approximate surface area is 151 Å². The van der Waals surface area contributed by atoms with Crippen LogP contribution in [0.4, 0.5) is 4.39 Å². The standard InChI is InChI=1S/C23H18FNO/c24-19-10-11-21-22(16-19)25-14-12-23(21)26-15-13-18-8-4-5-9-20(18)17-6-2-1-3-7-17/h1-12,14,16H,13,15H2. The van der Waals surface area contributed by atoms with Gasteiger partial charge in [0.25, 0.3) is 0 Å². The van der Waals surface area contributed by atoms with Gasteiger partial charge in [0.05, 0.1) is 12.1 Å². The van der Waals surface area contributed by atoms with Crippen molar-refractivity contribution in [1.82, 2.24) is 4.98 Å². The van der Waals surface area contributed by atoms with Crippen molar-refractivity contribution < 1.29 is 9.13 Å². The molecule has 1 aromatic heterocycles. The summed E-state index contributed by atoms with van der Waals surface area (Å²) in [5.41, 5.74) is 4.27. The Morgan fingerprint density at radius 1 is 0.846 bits per heavy atom. The molecule has 26 heavy (non-hydrogen) atoms. The summed E-state index contributed by atoms with van der Waals surface area (Å²) in [7, 11) is 0. The van der Waals surface area contributed by atoms with Gasteiger partial charge in [0, 0.05) is 24.1 Å². The number of nitrogens with zero attached hydrogens (tertiary/aromatic N) is 1. The van der Waals surface area contributed by atoms with Crippen molar-refractivity contribution in [2.75, 3.05) is 6.61 Å². The van der Waals surface area contributed by atoms with E-state index in [1.54, 1.807) is 12.3 Å². The molecule has 0 aliphatic carbocycles. The van der Waals surface area contributed by atoms with Gasteiger partial charge in [-0.3, -0.25) is 4.98 Å². The van der Waals surface area contributed by atoms with Crippen molar-refractivity contribution in [2.24, 2.45) is 0 Å². The van der Waals surface area contributed by atoms with E-state index in [2.05, 4.69) is 35.3 Å². The molecule has 0 aliphatic rings. The van der Waals surface area contributed by atoms with Crippen molar-refractivity contribution >= 4 is 10.9 Å². The normalized spacial score (nSPS) is 10.8. The minimum absolute atomic E-state index is 0.293. The molecular formula is C23H18FNO. The lowest BCUT2D eigenvalue weighted by atomic mass is 9.98. The van der Waals surface area contributed by atoms with E-state index in [-0.39, 0.29) is 5.82 Å². The number of fused-ring (bicyclic) bond motifs is 1. The molecule has 4 rings (SSSR count). The lowest BCUT2D eigenvalue weighted by Gasteiger charge is -2.12. The van der Waals surface area contributed by atoms with E-state index >= 15 is 0 Å². The van der Waals surface area contributed by atoms with Crippen molar-refractivity contribution in [3.63, 3.8) is 0 Å². The molecule has 3 heteroatoms. The fraction of sp³-hybridized carbons (Fsp3) is 0.0870. The van der Waals surface area contributed by atoms with E-state index in [0.29, 0.717) is 12.1 Å². The summed E-state index contributed by atoms with van der Waals surface area (Å²) in [5.74, 6) is 0.436. The van der Waals surface area contributed by atoms with Gasteiger partial charge in [-0.1, -0.05) is 54.6 Å². The minimum atomic E-state index is -0.293. The van der Waals surface area contributed by atoms with E-state index in [0.717, 1.165) is 17.6 Å². The zero-order valence-electron chi connectivity index (χ0n) is 14.2. The Hall–Kier alpha value is -3.20. The highest BCUT2D eigenvalue weighted by Gasteiger charge is 2.07. The molecule has 0 saturated carbocycles. The summed E-state index contributed by atoms with van der Waals surface area (Å²) in [4.78, 5) is 4.20. The van der Waals surface area contributed by atoms with Crippen molar-refractivity contribution in [3.8, 4) is 16.9 Å². The number of halogens is 1. The lowest BCUT2D eigenvalue weighted by molar-refractivity contribution is 0.325. The average molecular weight is 343 g/mol. The maximum Gasteiger partial charge on any atom is 0.130 e. The molecule has 4 aromatic rings. The van der Waals surface area contributed by atoms with Crippen LogP contribution in [0.25, 0.3) is 22.0 Å². The van der Waals surface area contributed by atoms with Crippen LogP contribution in [0.3, 0.4) is 0 Å². The van der Waals surface area contributed by atoms with E-state index in [1.807, 2.05) is 30.3 Å². The van der Waals surface area contributed by atoms with Crippen LogP contribution in [0.5, 0.6) is 5.75 Å². The number of aromatic nitrogens is 1. The summed E-state index contributed by atoms with van der Waals surface area (Å²) in [6, 6.07) is 25.1. The molecule has 0 atom stereocenters. The number of pyridine rings is 1. The molecule has 0 amide bonds. The molecular weight excluding hydrogens is 325 g/mol. The van der Waals surface area contributed by atoms with Crippen LogP contribution in [-0.2, 0) is 6.42 Å². The molecule has 0 aliphatic heterocycles. The second-order valence-corrected chi connectivity index (χ2v) is 6.09. The van der Waals surface area contributed by atoms with Crippen LogP contribution in [0.15, 0.2) is 85.1 Å². The Balaban J connectivity index is 1.53. The van der Waals surface area contributed by atoms with Gasteiger partial charge < -0.3 is 4.74 Å². The molecule has 2 nitrogen and oxygen atoms in total. The third-order valence-electron chi connectivity index (χ3n) is 4.40. The van der Waals surface area contributed by atoms with Crippen LogP contribution < -0.4 is 4.74 Å². The number of rotatable bonds is 5. The third-order valence-corrected chi connectivity index (χ3v) is 4.40. The minimum Gasteiger partial charge on any atom is -0.492 e. The van der Waals surface area contributed by atoms with E-state index in [4.69, 9.17) is 4.74 Å². The van der Waals surface area contributed by atoms with Crippen LogP contribution in [0.2, 0.25) is 0 Å². The smallest absolute Gasteiger partial charge is 0.130 e. The van der Waals surface area contributed by atoms with Crippen LogP contribution in [0.1, 0.15) is 5.56 Å². The molecule has 3 aromatic carbocycles. The number of hydrogen-bond acceptors (Lipinski definition) is 2. The quantitative estimate of drug-likeness (QED) is 0.466. The Morgan fingerprint density at radius 2 is 1.65 bits per heavy atom. The molecule has 0 bridgehead atoms. The van der Waals surface area contributed by atoms with E-state index < -0.39 is 0 Å². The topological polar surface area (TPSA) is 22.1 Å². The van der Waals surface area contributed by atoms with Gasteiger partial charge in [0.2, 0.25) is 0 Å². The predicted octanol–water partition coefficient (Wildman–Crippen LogP) is 5.66. The molecule has 0 unspecified atom stereocenters. The Morgan fingerprint density at radius 3 is 2.54 bits per heavy atom. The van der Waals surface area contributed by atoms with Crippen LogP contribution >= 0.6 is 0 Å². The van der Waals surface area contributed by atoms with Gasteiger partial charge in [-0.25, -0.2) is 4.39 Å². The maximum absolute atomic E-state index is 13.4. The van der Waals surface area contributed by atoms with Gasteiger partial charge in [0.15, 0.2) is 0 Å². The Bertz CT molecular complexity index is 1030. The van der Waals surface area contributed by atoms with Crippen molar-refractivity contribution in [2.45, 2.75) is 6.42 Å². The molecule has 0 spiro atoms. The summed E-state index contributed by atoms with van der Waals surface area (Å²) in [6.45, 7) is 0.542. The first kappa shape index (κ1) is 16.3. The highest BCUT2D eigenvalue weighted by molar-refractivity contribution is 5.84. The lowest BCUT2D eigenvalue weighted by Crippen LogP contribution is -2.03. The molecule has 0 saturated heterocycles. The van der Waals surface area contributed by atoms with Crippen molar-refractivity contribution in [1.29, 1.82) is 0 Å². The fourth-order valence-electron chi connectivity index (χ4n) is 3.13. The monoisotopic (exact) mass is 343 g/mol. The highest BCUT2D eigenvalue weighted by atomic mass is 19.1. The zero-order chi connectivity index (χ0) is 17.8. The first-order valence-electron chi connectivity index (χ1n) is 8.62. The number of ether oxygens (including phenoxy) is 1. The van der Waals surface area contributed by atoms with Gasteiger partial charge in [-0.05, 0) is 34.9 Å². The Kier molecular flexibility index (Phi) is 4.61. The first-order chi connectivity index (χ1) is 12.8. The SMILES string of the molecule is Fc1ccc2c(OCCc3ccccc3-c3ccccc3)ccnc2c1. The summed E-state index contributed by atoms with van der Waals surface area (Å²) < 4.78 is 19.4. The third kappa shape index (κ3) is 3.42. The molecule has 128 valence electrons. The van der Waals surface area contributed by atoms with Gasteiger partial charge in [0.1, 0.15) is 11.6 Å². The second kappa shape index (κ2) is 7.36. The predicted molar refractivity (Wildman–Crippen MR) is 103 cm³/mol. The van der Waals surface area contributed by atoms with E-state index in [9.17, 15) is 4.39 Å². The van der Waals surface area contributed by atoms with Gasteiger partial charge in [-0.15, -0.1) is 0 Å². The number of benzene rings is 3. The summed E-state index contributed by atoms with van der Waals surface area (Å²) in [5, 5.41) is 0.824. The van der Waals surface area contributed by atoms with Gasteiger partial charge >= 0.3 is 0 Å². The summed E-state index contributed by atoms with van der Waals surface area (Å²) >= 11 is 0. The zero-order valence-corrected chi connectivity index (χ0v) is 14.2. The van der Waals surface area contributed by atoms with Crippen LogP contribution in [0, 0.1) is 5.82 Å².